The summed E-state index contributed by atoms with van der Waals surface area (Å²) in [5.74, 6) is 1.80. The molecule has 7 heteroatoms. The van der Waals surface area contributed by atoms with Crippen LogP contribution in [0.1, 0.15) is 31.4 Å². The van der Waals surface area contributed by atoms with Gasteiger partial charge < -0.3 is 14.5 Å². The summed E-state index contributed by atoms with van der Waals surface area (Å²) in [6.45, 7) is 5.04. The van der Waals surface area contributed by atoms with Gasteiger partial charge in [-0.2, -0.15) is 0 Å². The van der Waals surface area contributed by atoms with E-state index in [0.717, 1.165) is 23.3 Å². The Bertz CT molecular complexity index is 530. The summed E-state index contributed by atoms with van der Waals surface area (Å²) in [6.07, 6.45) is 3.79. The van der Waals surface area contributed by atoms with Crippen LogP contribution in [-0.2, 0) is 19.3 Å². The van der Waals surface area contributed by atoms with Crippen molar-refractivity contribution in [3.63, 3.8) is 0 Å². The largest absolute Gasteiger partial charge is 0.331 e. The molecule has 2 heterocycles. The zero-order chi connectivity index (χ0) is 13.8. The lowest BCUT2D eigenvalue weighted by Gasteiger charge is -2.11. The molecule has 2 rings (SSSR count). The fourth-order valence-electron chi connectivity index (χ4n) is 1.83. The van der Waals surface area contributed by atoms with Crippen LogP contribution in [0.15, 0.2) is 17.7 Å². The van der Waals surface area contributed by atoms with Crippen molar-refractivity contribution in [3.8, 4) is 0 Å². The highest BCUT2D eigenvalue weighted by Crippen LogP contribution is 2.22. The van der Waals surface area contributed by atoms with Crippen LogP contribution in [-0.4, -0.2) is 31.4 Å². The molecular formula is C12H20N6S. The van der Waals surface area contributed by atoms with Crippen molar-refractivity contribution in [2.45, 2.75) is 37.3 Å². The number of hydrogen-bond donors (Lipinski definition) is 1. The zero-order valence-corrected chi connectivity index (χ0v) is 12.6. The molecule has 0 fully saturated rings. The number of thioether (sulfide) groups is 1. The fourth-order valence-corrected chi connectivity index (χ4v) is 2.73. The van der Waals surface area contributed by atoms with Crippen molar-refractivity contribution >= 4 is 11.8 Å². The van der Waals surface area contributed by atoms with Crippen LogP contribution in [0.2, 0.25) is 0 Å². The van der Waals surface area contributed by atoms with Gasteiger partial charge in [-0.05, 0) is 20.9 Å². The van der Waals surface area contributed by atoms with Crippen LogP contribution >= 0.6 is 11.8 Å². The Morgan fingerprint density at radius 1 is 1.37 bits per heavy atom. The van der Waals surface area contributed by atoms with Gasteiger partial charge >= 0.3 is 0 Å². The van der Waals surface area contributed by atoms with Crippen molar-refractivity contribution < 1.29 is 0 Å². The van der Waals surface area contributed by atoms with Crippen molar-refractivity contribution in [2.24, 2.45) is 7.05 Å². The standard InChI is InChI=1S/C12H20N6S/c1-9(2)18-8-14-5-10(18)7-19-12-16-15-11(6-13-3)17(12)4/h5,8-9,13H,6-7H2,1-4H3. The molecule has 0 aromatic carbocycles. The van der Waals surface area contributed by atoms with E-state index in [1.807, 2.05) is 31.2 Å². The molecule has 2 aromatic rings. The third-order valence-corrected chi connectivity index (χ3v) is 3.97. The van der Waals surface area contributed by atoms with Crippen LogP contribution in [0.3, 0.4) is 0 Å². The van der Waals surface area contributed by atoms with Crippen molar-refractivity contribution in [1.82, 2.24) is 29.6 Å². The Kier molecular flexibility index (Phi) is 4.60. The lowest BCUT2D eigenvalue weighted by Crippen LogP contribution is -2.10. The molecule has 0 saturated heterocycles. The highest BCUT2D eigenvalue weighted by Gasteiger charge is 2.11. The monoisotopic (exact) mass is 280 g/mol. The Labute approximate surface area is 117 Å². The minimum Gasteiger partial charge on any atom is -0.331 e. The second-order valence-electron chi connectivity index (χ2n) is 4.66. The van der Waals surface area contributed by atoms with Gasteiger partial charge in [-0.1, -0.05) is 11.8 Å². The number of hydrogen-bond acceptors (Lipinski definition) is 5. The van der Waals surface area contributed by atoms with Gasteiger partial charge in [0.05, 0.1) is 12.9 Å². The van der Waals surface area contributed by atoms with Gasteiger partial charge in [0.25, 0.3) is 0 Å². The first-order valence-electron chi connectivity index (χ1n) is 6.29. The lowest BCUT2D eigenvalue weighted by molar-refractivity contribution is 0.583. The molecule has 0 unspecified atom stereocenters. The number of nitrogens with zero attached hydrogens (tertiary/aromatic N) is 5. The van der Waals surface area contributed by atoms with Gasteiger partial charge in [0.2, 0.25) is 0 Å². The van der Waals surface area contributed by atoms with Crippen LogP contribution in [0.5, 0.6) is 0 Å². The molecule has 0 aliphatic rings. The SMILES string of the molecule is CNCc1nnc(SCc2cncn2C(C)C)n1C. The first-order chi connectivity index (χ1) is 9.13. The minimum atomic E-state index is 0.428. The van der Waals surface area contributed by atoms with Crippen LogP contribution in [0.4, 0.5) is 0 Å². The second kappa shape index (κ2) is 6.21. The molecule has 19 heavy (non-hydrogen) atoms. The predicted octanol–water partition coefficient (Wildman–Crippen LogP) is 1.60. The molecule has 0 aliphatic heterocycles. The molecule has 2 aromatic heterocycles. The summed E-state index contributed by atoms with van der Waals surface area (Å²) in [7, 11) is 3.90. The normalized spacial score (nSPS) is 11.4. The van der Waals surface area contributed by atoms with E-state index in [9.17, 15) is 0 Å². The maximum absolute atomic E-state index is 4.21. The topological polar surface area (TPSA) is 60.6 Å². The second-order valence-corrected chi connectivity index (χ2v) is 5.61. The Morgan fingerprint density at radius 3 is 2.84 bits per heavy atom. The van der Waals surface area contributed by atoms with Crippen molar-refractivity contribution in [2.75, 3.05) is 7.05 Å². The Balaban J connectivity index is 2.04. The first kappa shape index (κ1) is 14.1. The molecule has 104 valence electrons. The van der Waals surface area contributed by atoms with Crippen molar-refractivity contribution in [1.29, 1.82) is 0 Å². The molecule has 0 spiro atoms. The number of nitrogens with one attached hydrogen (secondary N) is 1. The van der Waals surface area contributed by atoms with Gasteiger partial charge in [0.1, 0.15) is 5.82 Å². The van der Waals surface area contributed by atoms with Gasteiger partial charge in [-0.25, -0.2) is 4.98 Å². The Morgan fingerprint density at radius 2 is 2.16 bits per heavy atom. The average Bonchev–Trinajstić information content (AvgIpc) is 2.96. The van der Waals surface area contributed by atoms with Gasteiger partial charge in [0.15, 0.2) is 5.16 Å². The van der Waals surface area contributed by atoms with Gasteiger partial charge in [-0.15, -0.1) is 10.2 Å². The Hall–Kier alpha value is -1.34. The predicted molar refractivity (Wildman–Crippen MR) is 75.9 cm³/mol. The van der Waals surface area contributed by atoms with E-state index >= 15 is 0 Å². The van der Waals surface area contributed by atoms with E-state index in [1.54, 1.807) is 11.8 Å². The van der Waals surface area contributed by atoms with Crippen LogP contribution in [0.25, 0.3) is 0 Å². The van der Waals surface area contributed by atoms with E-state index in [-0.39, 0.29) is 0 Å². The molecule has 0 amide bonds. The maximum atomic E-state index is 4.21. The molecule has 6 nitrogen and oxygen atoms in total. The summed E-state index contributed by atoms with van der Waals surface area (Å²) >= 11 is 1.68. The van der Waals surface area contributed by atoms with Crippen LogP contribution < -0.4 is 5.32 Å². The number of aromatic nitrogens is 5. The molecule has 0 atom stereocenters. The lowest BCUT2D eigenvalue weighted by atomic mass is 10.4. The maximum Gasteiger partial charge on any atom is 0.191 e. The van der Waals surface area contributed by atoms with Gasteiger partial charge in [-0.3, -0.25) is 0 Å². The van der Waals surface area contributed by atoms with E-state index < -0.39 is 0 Å². The summed E-state index contributed by atoms with van der Waals surface area (Å²) in [6, 6.07) is 0.428. The first-order valence-corrected chi connectivity index (χ1v) is 7.28. The summed E-state index contributed by atoms with van der Waals surface area (Å²) in [4.78, 5) is 4.21. The number of imidazole rings is 1. The molecule has 0 radical (unpaired) electrons. The summed E-state index contributed by atoms with van der Waals surface area (Å²) < 4.78 is 4.20. The summed E-state index contributed by atoms with van der Waals surface area (Å²) in [5.41, 5.74) is 1.21. The van der Waals surface area contributed by atoms with Crippen molar-refractivity contribution in [3.05, 3.63) is 24.0 Å². The molecular weight excluding hydrogens is 260 g/mol. The van der Waals surface area contributed by atoms with E-state index in [0.29, 0.717) is 6.04 Å². The highest BCUT2D eigenvalue weighted by molar-refractivity contribution is 7.98. The third-order valence-electron chi connectivity index (χ3n) is 2.91. The zero-order valence-electron chi connectivity index (χ0n) is 11.8. The fraction of sp³-hybridized carbons (Fsp3) is 0.583. The number of rotatable bonds is 6. The molecule has 0 saturated carbocycles. The van der Waals surface area contributed by atoms with E-state index in [4.69, 9.17) is 0 Å². The molecule has 0 aliphatic carbocycles. The molecule has 0 bridgehead atoms. The quantitative estimate of drug-likeness (QED) is 0.815. The smallest absolute Gasteiger partial charge is 0.191 e. The average molecular weight is 280 g/mol. The van der Waals surface area contributed by atoms with Crippen LogP contribution in [0, 0.1) is 0 Å². The third kappa shape index (κ3) is 3.16. The summed E-state index contributed by atoms with van der Waals surface area (Å²) in [5, 5.41) is 12.4. The van der Waals surface area contributed by atoms with E-state index in [2.05, 4.69) is 38.9 Å². The molecule has 1 N–H and O–H groups in total. The van der Waals surface area contributed by atoms with Gasteiger partial charge in [0, 0.05) is 30.7 Å². The minimum absolute atomic E-state index is 0.428. The van der Waals surface area contributed by atoms with E-state index in [1.165, 1.54) is 5.69 Å². The highest BCUT2D eigenvalue weighted by atomic mass is 32.2.